The van der Waals surface area contributed by atoms with Gasteiger partial charge in [-0.3, -0.25) is 14.4 Å². The number of amides is 4. The zero-order chi connectivity index (χ0) is 31.4. The molecule has 1 unspecified atom stereocenters. The van der Waals surface area contributed by atoms with E-state index < -0.39 is 29.7 Å². The summed E-state index contributed by atoms with van der Waals surface area (Å²) >= 11 is 0. The van der Waals surface area contributed by atoms with Crippen LogP contribution in [-0.2, 0) is 37.1 Å². The molecule has 1 aromatic heterocycles. The molecule has 2 fully saturated rings. The number of morpholine rings is 1. The molecule has 1 aliphatic heterocycles. The van der Waals surface area contributed by atoms with Crippen molar-refractivity contribution in [1.29, 1.82) is 0 Å². The van der Waals surface area contributed by atoms with Crippen LogP contribution in [0.2, 0.25) is 0 Å². The highest BCUT2D eigenvalue weighted by molar-refractivity contribution is 6.38. The predicted molar refractivity (Wildman–Crippen MR) is 165 cm³/mol. The Morgan fingerprint density at radius 3 is 2.42 bits per heavy atom. The van der Waals surface area contributed by atoms with Crippen LogP contribution in [-0.4, -0.2) is 88.5 Å². The van der Waals surface area contributed by atoms with Gasteiger partial charge in [0.05, 0.1) is 31.9 Å². The zero-order valence-corrected chi connectivity index (χ0v) is 25.4. The molecule has 5 rings (SSSR count). The number of fused-ring (bicyclic) bond motifs is 1. The summed E-state index contributed by atoms with van der Waals surface area (Å²) < 4.78 is 12.6. The number of hydrogen-bond donors (Lipinski definition) is 3. The number of benzene rings is 2. The second-order valence-corrected chi connectivity index (χ2v) is 11.5. The molecule has 13 nitrogen and oxygen atoms in total. The summed E-state index contributed by atoms with van der Waals surface area (Å²) in [7, 11) is 0. The number of urea groups is 1. The molecule has 4 amide bonds. The molecule has 45 heavy (non-hydrogen) atoms. The first kappa shape index (κ1) is 32.0. The number of Topliss-reactive ketones (excluding diaryl/α,β-unsaturated/α-hetero) is 1. The van der Waals surface area contributed by atoms with Crippen LogP contribution in [0.1, 0.15) is 44.1 Å². The summed E-state index contributed by atoms with van der Waals surface area (Å²) in [5, 5.41) is 16.3. The number of carbonyl (C=O) groups excluding carboxylic acids is 4. The third kappa shape index (κ3) is 9.08. The zero-order valence-electron chi connectivity index (χ0n) is 25.4. The summed E-state index contributed by atoms with van der Waals surface area (Å²) in [6.45, 7) is 1.59. The van der Waals surface area contributed by atoms with Gasteiger partial charge in [0.25, 0.3) is 5.91 Å². The Hall–Kier alpha value is -4.36. The minimum absolute atomic E-state index is 0.0868. The van der Waals surface area contributed by atoms with E-state index in [4.69, 9.17) is 9.47 Å². The normalized spacial score (nSPS) is 16.9. The highest BCUT2D eigenvalue weighted by Gasteiger charge is 2.33. The van der Waals surface area contributed by atoms with Gasteiger partial charge >= 0.3 is 6.03 Å². The van der Waals surface area contributed by atoms with E-state index in [0.29, 0.717) is 43.8 Å². The first-order chi connectivity index (χ1) is 22.0. The van der Waals surface area contributed by atoms with E-state index in [0.717, 1.165) is 37.7 Å². The van der Waals surface area contributed by atoms with Crippen LogP contribution < -0.4 is 16.0 Å². The number of aromatic nitrogens is 3. The van der Waals surface area contributed by atoms with Crippen molar-refractivity contribution in [3.05, 3.63) is 60.2 Å². The van der Waals surface area contributed by atoms with Crippen LogP contribution >= 0.6 is 0 Å². The molecule has 1 saturated heterocycles. The Kier molecular flexibility index (Phi) is 11.5. The van der Waals surface area contributed by atoms with Gasteiger partial charge in [-0.05, 0) is 30.0 Å². The second kappa shape index (κ2) is 16.1. The van der Waals surface area contributed by atoms with Gasteiger partial charge in [0.1, 0.15) is 24.3 Å². The van der Waals surface area contributed by atoms with Gasteiger partial charge in [-0.15, -0.1) is 5.10 Å². The first-order valence-electron chi connectivity index (χ1n) is 15.6. The number of nitrogens with one attached hydrogen (secondary N) is 3. The molecule has 2 aliphatic rings. The summed E-state index contributed by atoms with van der Waals surface area (Å²) in [5.74, 6) is -2.02. The monoisotopic (exact) mass is 619 g/mol. The number of rotatable bonds is 13. The van der Waals surface area contributed by atoms with Gasteiger partial charge in [-0.25, -0.2) is 9.48 Å². The van der Waals surface area contributed by atoms with Crippen LogP contribution in [0.5, 0.6) is 0 Å². The molecule has 13 heteroatoms. The van der Waals surface area contributed by atoms with E-state index in [9.17, 15) is 19.2 Å². The number of hydrogen-bond acceptors (Lipinski definition) is 8. The lowest BCUT2D eigenvalue weighted by Crippen LogP contribution is -2.58. The molecule has 1 saturated carbocycles. The summed E-state index contributed by atoms with van der Waals surface area (Å²) in [4.78, 5) is 55.0. The van der Waals surface area contributed by atoms with E-state index >= 15 is 0 Å². The quantitative estimate of drug-likeness (QED) is 0.246. The standard InChI is InChI=1S/C32H41N7O6/c40-29(31(42)33-22-39-28-14-8-7-13-25(28)36-37-39)27(21-45-20-24-11-5-2-6-12-24)34-30(41)26(19-23-9-3-1-4-10-23)35-32(43)38-15-17-44-18-16-38/h2,5-8,11-14,23,26-27H,1,3-4,9-10,15-22H2,(H,33,42)(H,34,41)(H,35,43)/t26-,27?/m1/s1. The lowest BCUT2D eigenvalue weighted by atomic mass is 9.84. The van der Waals surface area contributed by atoms with E-state index in [2.05, 4.69) is 26.3 Å². The SMILES string of the molecule is O=C(NCn1nnc2ccccc21)C(=O)C(COCc1ccccc1)NC(=O)[C@@H](CC1CCCCC1)NC(=O)N1CCOCC1. The van der Waals surface area contributed by atoms with Crippen LogP contribution in [0.4, 0.5) is 4.79 Å². The van der Waals surface area contributed by atoms with Gasteiger partial charge < -0.3 is 30.3 Å². The third-order valence-corrected chi connectivity index (χ3v) is 8.27. The molecular weight excluding hydrogens is 578 g/mol. The number of para-hydroxylation sites is 1. The van der Waals surface area contributed by atoms with Crippen molar-refractivity contribution in [2.45, 2.75) is 63.9 Å². The maximum Gasteiger partial charge on any atom is 0.318 e. The molecular formula is C32H41N7O6. The average Bonchev–Trinajstić information content (AvgIpc) is 3.50. The highest BCUT2D eigenvalue weighted by Crippen LogP contribution is 2.27. The van der Waals surface area contributed by atoms with Gasteiger partial charge in [-0.2, -0.15) is 0 Å². The lowest BCUT2D eigenvalue weighted by molar-refractivity contribution is -0.141. The number of ketones is 1. The minimum atomic E-state index is -1.28. The Bertz CT molecular complexity index is 1440. The topological polar surface area (TPSA) is 157 Å². The number of ether oxygens (including phenoxy) is 2. The van der Waals surface area contributed by atoms with E-state index in [-0.39, 0.29) is 31.8 Å². The van der Waals surface area contributed by atoms with E-state index in [1.165, 1.54) is 4.68 Å². The average molecular weight is 620 g/mol. The van der Waals surface area contributed by atoms with Gasteiger partial charge in [-0.1, -0.05) is 79.8 Å². The molecule has 2 heterocycles. The van der Waals surface area contributed by atoms with Crippen LogP contribution in [0.3, 0.4) is 0 Å². The predicted octanol–water partition coefficient (Wildman–Crippen LogP) is 2.16. The molecule has 0 spiro atoms. The number of carbonyl (C=O) groups is 4. The minimum Gasteiger partial charge on any atom is -0.378 e. The molecule has 1 aliphatic carbocycles. The van der Waals surface area contributed by atoms with Gasteiger partial charge in [0.15, 0.2) is 0 Å². The maximum atomic E-state index is 13.8. The van der Waals surface area contributed by atoms with Gasteiger partial charge in [0.2, 0.25) is 11.7 Å². The molecule has 2 aromatic carbocycles. The largest absolute Gasteiger partial charge is 0.378 e. The summed E-state index contributed by atoms with van der Waals surface area (Å²) in [6, 6.07) is 14.1. The Morgan fingerprint density at radius 1 is 0.911 bits per heavy atom. The third-order valence-electron chi connectivity index (χ3n) is 8.27. The molecule has 3 aromatic rings. The van der Waals surface area contributed by atoms with Crippen molar-refractivity contribution in [3.8, 4) is 0 Å². The summed E-state index contributed by atoms with van der Waals surface area (Å²) in [5.41, 5.74) is 2.23. The summed E-state index contributed by atoms with van der Waals surface area (Å²) in [6.07, 6.45) is 5.69. The van der Waals surface area contributed by atoms with Crippen molar-refractivity contribution < 1.29 is 28.7 Å². The van der Waals surface area contributed by atoms with Crippen molar-refractivity contribution in [2.24, 2.45) is 5.92 Å². The molecule has 240 valence electrons. The van der Waals surface area contributed by atoms with Crippen molar-refractivity contribution in [2.75, 3.05) is 32.9 Å². The first-order valence-corrected chi connectivity index (χ1v) is 15.6. The fraction of sp³-hybridized carbons (Fsp3) is 0.500. The fourth-order valence-corrected chi connectivity index (χ4v) is 5.74. The number of nitrogens with zero attached hydrogens (tertiary/aromatic N) is 4. The van der Waals surface area contributed by atoms with E-state index in [1.807, 2.05) is 42.5 Å². The molecule has 0 radical (unpaired) electrons. The maximum absolute atomic E-state index is 13.8. The van der Waals surface area contributed by atoms with Crippen LogP contribution in [0.25, 0.3) is 11.0 Å². The van der Waals surface area contributed by atoms with Crippen molar-refractivity contribution in [3.63, 3.8) is 0 Å². The fourth-order valence-electron chi connectivity index (χ4n) is 5.74. The lowest BCUT2D eigenvalue weighted by Gasteiger charge is -2.31. The van der Waals surface area contributed by atoms with Gasteiger partial charge in [0, 0.05) is 13.1 Å². The molecule has 3 N–H and O–H groups in total. The Morgan fingerprint density at radius 2 is 1.64 bits per heavy atom. The molecule has 2 atom stereocenters. The smallest absolute Gasteiger partial charge is 0.318 e. The van der Waals surface area contributed by atoms with Crippen LogP contribution in [0.15, 0.2) is 54.6 Å². The highest BCUT2D eigenvalue weighted by atomic mass is 16.5. The molecule has 0 bridgehead atoms. The van der Waals surface area contributed by atoms with E-state index in [1.54, 1.807) is 17.0 Å². The Balaban J connectivity index is 1.27. The van der Waals surface area contributed by atoms with Crippen molar-refractivity contribution >= 4 is 34.7 Å². The van der Waals surface area contributed by atoms with Crippen LogP contribution in [0, 0.1) is 5.92 Å². The second-order valence-electron chi connectivity index (χ2n) is 11.5. The van der Waals surface area contributed by atoms with Crippen molar-refractivity contribution in [1.82, 2.24) is 35.8 Å². The Labute approximate surface area is 262 Å².